The smallest absolute Gasteiger partial charge is 0.276 e. The predicted octanol–water partition coefficient (Wildman–Crippen LogP) is 0.109. The third-order valence-corrected chi connectivity index (χ3v) is 2.31. The average molecular weight is 195 g/mol. The fourth-order valence-corrected chi connectivity index (χ4v) is 1.60. The summed E-state index contributed by atoms with van der Waals surface area (Å²) in [6.07, 6.45) is 1.42. The summed E-state index contributed by atoms with van der Waals surface area (Å²) in [7, 11) is 0. The van der Waals surface area contributed by atoms with Crippen molar-refractivity contribution in [3.8, 4) is 0 Å². The number of hydrogen-bond donors (Lipinski definition) is 1. The second-order valence-electron chi connectivity index (χ2n) is 3.49. The van der Waals surface area contributed by atoms with Gasteiger partial charge in [-0.1, -0.05) is 5.16 Å². The Kier molecular flexibility index (Phi) is 2.49. The van der Waals surface area contributed by atoms with E-state index in [1.807, 2.05) is 0 Å². The lowest BCUT2D eigenvalue weighted by molar-refractivity contribution is 0.0698. The van der Waals surface area contributed by atoms with Crippen molar-refractivity contribution in [2.75, 3.05) is 19.6 Å². The fraction of sp³-hybridized carbons (Fsp3) is 0.556. The Hall–Kier alpha value is -1.36. The van der Waals surface area contributed by atoms with E-state index in [-0.39, 0.29) is 5.91 Å². The highest BCUT2D eigenvalue weighted by Crippen LogP contribution is 2.05. The average Bonchev–Trinajstić information content (AvgIpc) is 2.69. The van der Waals surface area contributed by atoms with Crippen LogP contribution in [0.3, 0.4) is 0 Å². The summed E-state index contributed by atoms with van der Waals surface area (Å²) in [5.41, 5.74) is 0.388. The molecule has 0 aliphatic carbocycles. The van der Waals surface area contributed by atoms with Crippen LogP contribution in [0.15, 0.2) is 16.9 Å². The normalized spacial score (nSPS) is 22.4. The van der Waals surface area contributed by atoms with E-state index in [0.717, 1.165) is 19.6 Å². The molecule has 5 heteroatoms. The first-order chi connectivity index (χ1) is 6.77. The second kappa shape index (κ2) is 3.79. The third kappa shape index (κ3) is 1.77. The van der Waals surface area contributed by atoms with Crippen molar-refractivity contribution in [3.05, 3.63) is 18.0 Å². The molecule has 1 amide bonds. The lowest BCUT2D eigenvalue weighted by atomic mass is 10.2. The van der Waals surface area contributed by atoms with Gasteiger partial charge < -0.3 is 14.7 Å². The highest BCUT2D eigenvalue weighted by Gasteiger charge is 2.22. The largest absolute Gasteiger partial charge is 0.364 e. The molecular formula is C9H13N3O2. The van der Waals surface area contributed by atoms with E-state index in [1.165, 1.54) is 6.26 Å². The molecule has 0 spiro atoms. The minimum absolute atomic E-state index is 0.0490. The zero-order chi connectivity index (χ0) is 9.97. The van der Waals surface area contributed by atoms with Gasteiger partial charge in [0, 0.05) is 31.7 Å². The minimum Gasteiger partial charge on any atom is -0.364 e. The third-order valence-electron chi connectivity index (χ3n) is 2.31. The Morgan fingerprint density at radius 1 is 1.79 bits per heavy atom. The molecular weight excluding hydrogens is 182 g/mol. The molecule has 0 bridgehead atoms. The van der Waals surface area contributed by atoms with E-state index in [4.69, 9.17) is 0 Å². The van der Waals surface area contributed by atoms with E-state index in [2.05, 4.69) is 21.9 Å². The minimum atomic E-state index is -0.0490. The maximum Gasteiger partial charge on any atom is 0.276 e. The highest BCUT2D eigenvalue weighted by atomic mass is 16.5. The summed E-state index contributed by atoms with van der Waals surface area (Å²) in [6.45, 7) is 4.36. The Balaban J connectivity index is 2.04. The van der Waals surface area contributed by atoms with Crippen LogP contribution in [0.2, 0.25) is 0 Å². The Labute approximate surface area is 82.1 Å². The quantitative estimate of drug-likeness (QED) is 0.691. The Morgan fingerprint density at radius 2 is 2.64 bits per heavy atom. The van der Waals surface area contributed by atoms with Crippen LogP contribution in [0.5, 0.6) is 0 Å². The van der Waals surface area contributed by atoms with Crippen molar-refractivity contribution >= 4 is 5.91 Å². The van der Waals surface area contributed by atoms with Crippen LogP contribution in [0.1, 0.15) is 17.4 Å². The molecule has 1 aromatic rings. The van der Waals surface area contributed by atoms with Gasteiger partial charge in [-0.15, -0.1) is 0 Å². The van der Waals surface area contributed by atoms with E-state index >= 15 is 0 Å². The van der Waals surface area contributed by atoms with Gasteiger partial charge >= 0.3 is 0 Å². The zero-order valence-electron chi connectivity index (χ0n) is 8.06. The molecule has 0 radical (unpaired) electrons. The van der Waals surface area contributed by atoms with Gasteiger partial charge in [-0.3, -0.25) is 4.79 Å². The molecule has 1 aliphatic heterocycles. The van der Waals surface area contributed by atoms with Crippen molar-refractivity contribution in [2.24, 2.45) is 0 Å². The van der Waals surface area contributed by atoms with Gasteiger partial charge in [0.25, 0.3) is 5.91 Å². The summed E-state index contributed by atoms with van der Waals surface area (Å²) in [4.78, 5) is 13.6. The number of nitrogens with zero attached hydrogens (tertiary/aromatic N) is 2. The van der Waals surface area contributed by atoms with Gasteiger partial charge in [0.1, 0.15) is 6.26 Å². The first-order valence-electron chi connectivity index (χ1n) is 4.70. The van der Waals surface area contributed by atoms with Gasteiger partial charge in [0.2, 0.25) is 0 Å². The van der Waals surface area contributed by atoms with Crippen LogP contribution < -0.4 is 5.32 Å². The molecule has 0 aromatic carbocycles. The number of rotatable bonds is 1. The van der Waals surface area contributed by atoms with Crippen molar-refractivity contribution < 1.29 is 9.32 Å². The Morgan fingerprint density at radius 3 is 3.29 bits per heavy atom. The fourth-order valence-electron chi connectivity index (χ4n) is 1.60. The highest BCUT2D eigenvalue weighted by molar-refractivity contribution is 5.92. The maximum absolute atomic E-state index is 11.8. The molecule has 0 unspecified atom stereocenters. The van der Waals surface area contributed by atoms with E-state index in [0.29, 0.717) is 11.7 Å². The molecule has 0 saturated carbocycles. The van der Waals surface area contributed by atoms with Crippen molar-refractivity contribution in [1.29, 1.82) is 0 Å². The first-order valence-corrected chi connectivity index (χ1v) is 4.70. The van der Waals surface area contributed by atoms with Crippen LogP contribution in [0.25, 0.3) is 0 Å². The summed E-state index contributed by atoms with van der Waals surface area (Å²) in [5.74, 6) is -0.0490. The van der Waals surface area contributed by atoms with E-state index in [9.17, 15) is 4.79 Å². The van der Waals surface area contributed by atoms with Gasteiger partial charge in [-0.2, -0.15) is 0 Å². The van der Waals surface area contributed by atoms with E-state index in [1.54, 1.807) is 11.0 Å². The number of nitrogens with one attached hydrogen (secondary N) is 1. The first kappa shape index (κ1) is 9.21. The molecule has 2 heterocycles. The Bertz CT molecular complexity index is 310. The number of piperazine rings is 1. The zero-order valence-corrected chi connectivity index (χ0v) is 8.06. The van der Waals surface area contributed by atoms with Crippen LogP contribution in [-0.4, -0.2) is 41.6 Å². The monoisotopic (exact) mass is 195 g/mol. The molecule has 1 aromatic heterocycles. The molecule has 76 valence electrons. The van der Waals surface area contributed by atoms with Crippen molar-refractivity contribution in [1.82, 2.24) is 15.4 Å². The maximum atomic E-state index is 11.8. The molecule has 5 nitrogen and oxygen atoms in total. The standard InChI is InChI=1S/C9H13N3O2/c1-7-6-12(4-3-10-7)9(13)8-2-5-14-11-8/h2,5,7,10H,3-4,6H2,1H3/t7-/m1/s1. The molecule has 1 atom stereocenters. The predicted molar refractivity (Wildman–Crippen MR) is 49.9 cm³/mol. The molecule has 1 fully saturated rings. The van der Waals surface area contributed by atoms with Crippen molar-refractivity contribution in [2.45, 2.75) is 13.0 Å². The molecule has 2 rings (SSSR count). The number of aromatic nitrogens is 1. The van der Waals surface area contributed by atoms with Gasteiger partial charge in [-0.25, -0.2) is 0 Å². The van der Waals surface area contributed by atoms with Crippen LogP contribution in [0.4, 0.5) is 0 Å². The SMILES string of the molecule is C[C@@H]1CN(C(=O)c2ccon2)CCN1. The number of amides is 1. The topological polar surface area (TPSA) is 58.4 Å². The summed E-state index contributed by atoms with van der Waals surface area (Å²) >= 11 is 0. The van der Waals surface area contributed by atoms with Crippen LogP contribution >= 0.6 is 0 Å². The van der Waals surface area contributed by atoms with Gasteiger partial charge in [0.15, 0.2) is 5.69 Å². The molecule has 1 saturated heterocycles. The van der Waals surface area contributed by atoms with Gasteiger partial charge in [-0.05, 0) is 6.92 Å². The summed E-state index contributed by atoms with van der Waals surface area (Å²) < 4.78 is 4.64. The van der Waals surface area contributed by atoms with Gasteiger partial charge in [0.05, 0.1) is 0 Å². The van der Waals surface area contributed by atoms with E-state index < -0.39 is 0 Å². The van der Waals surface area contributed by atoms with Crippen molar-refractivity contribution in [3.63, 3.8) is 0 Å². The molecule has 1 aliphatic rings. The summed E-state index contributed by atoms with van der Waals surface area (Å²) in [6, 6.07) is 1.94. The number of hydrogen-bond acceptors (Lipinski definition) is 4. The summed E-state index contributed by atoms with van der Waals surface area (Å²) in [5, 5.41) is 6.90. The second-order valence-corrected chi connectivity index (χ2v) is 3.49. The van der Waals surface area contributed by atoms with Crippen LogP contribution in [-0.2, 0) is 0 Å². The molecule has 14 heavy (non-hydrogen) atoms. The molecule has 1 N–H and O–H groups in total. The lowest BCUT2D eigenvalue weighted by Crippen LogP contribution is -2.51. The number of carbonyl (C=O) groups is 1. The van der Waals surface area contributed by atoms with Crippen LogP contribution in [0, 0.1) is 0 Å². The number of carbonyl (C=O) groups excluding carboxylic acids is 1. The lowest BCUT2D eigenvalue weighted by Gasteiger charge is -2.31.